The van der Waals surface area contributed by atoms with E-state index >= 15 is 0 Å². The van der Waals surface area contributed by atoms with Gasteiger partial charge in [-0.1, -0.05) is 11.6 Å². The molecule has 0 radical (unpaired) electrons. The Morgan fingerprint density at radius 2 is 2.33 bits per heavy atom. The van der Waals surface area contributed by atoms with E-state index in [9.17, 15) is 4.79 Å². The Bertz CT molecular complexity index is 121. The van der Waals surface area contributed by atoms with Crippen molar-refractivity contribution in [1.82, 2.24) is 0 Å². The molecule has 52 valence electrons. The molecule has 0 saturated carbocycles. The van der Waals surface area contributed by atoms with Gasteiger partial charge in [0.1, 0.15) is 0 Å². The van der Waals surface area contributed by atoms with E-state index in [1.165, 1.54) is 6.08 Å². The van der Waals surface area contributed by atoms with Gasteiger partial charge in [0, 0.05) is 5.54 Å². The predicted molar refractivity (Wildman–Crippen MR) is 33.3 cm³/mol. The average molecular weight is 151 g/mol. The van der Waals surface area contributed by atoms with Gasteiger partial charge in [-0.25, -0.2) is 0 Å². The monoisotopic (exact) mass is 150 g/mol. The largest absolute Gasteiger partial charge is 0.481 e. The third-order valence-electron chi connectivity index (χ3n) is 0.679. The number of hydrogen-bond donors (Lipinski definition) is 2. The average Bonchev–Trinajstić information content (AvgIpc) is 1.63. The van der Waals surface area contributed by atoms with E-state index in [1.54, 1.807) is 0 Å². The Morgan fingerprint density at radius 3 is 2.67 bits per heavy atom. The summed E-state index contributed by atoms with van der Waals surface area (Å²) in [6.45, 7) is 0. The maximum absolute atomic E-state index is 9.85. The number of hydrogen-bond acceptors (Lipinski definition) is 2. The van der Waals surface area contributed by atoms with Crippen LogP contribution in [0.15, 0.2) is 11.6 Å². The lowest BCUT2D eigenvalue weighted by molar-refractivity contribution is -0.138. The Morgan fingerprint density at radius 1 is 1.78 bits per heavy atom. The van der Waals surface area contributed by atoms with Crippen molar-refractivity contribution < 1.29 is 15.0 Å². The number of carboxylic acid groups (broad SMARTS) is 1. The van der Waals surface area contributed by atoms with E-state index in [2.05, 4.69) is 0 Å². The van der Waals surface area contributed by atoms with Crippen LogP contribution in [0.1, 0.15) is 6.42 Å². The third kappa shape index (κ3) is 5.33. The fourth-order valence-electron chi connectivity index (χ4n) is 0.331. The molecule has 1 atom stereocenters. The van der Waals surface area contributed by atoms with Crippen molar-refractivity contribution in [3.05, 3.63) is 11.6 Å². The molecule has 0 bridgehead atoms. The summed E-state index contributed by atoms with van der Waals surface area (Å²) in [5, 5.41) is 16.7. The van der Waals surface area contributed by atoms with Gasteiger partial charge < -0.3 is 10.2 Å². The second kappa shape index (κ2) is 4.35. The van der Waals surface area contributed by atoms with Crippen molar-refractivity contribution in [1.29, 1.82) is 0 Å². The number of carboxylic acids is 1. The van der Waals surface area contributed by atoms with Crippen LogP contribution in [0.5, 0.6) is 0 Å². The highest BCUT2D eigenvalue weighted by atomic mass is 35.5. The molecule has 3 nitrogen and oxygen atoms in total. The Hall–Kier alpha value is -0.540. The second-order valence-electron chi connectivity index (χ2n) is 1.48. The van der Waals surface area contributed by atoms with Gasteiger partial charge in [-0.2, -0.15) is 0 Å². The van der Waals surface area contributed by atoms with Crippen LogP contribution in [-0.4, -0.2) is 22.3 Å². The van der Waals surface area contributed by atoms with Crippen LogP contribution in [0.4, 0.5) is 0 Å². The zero-order chi connectivity index (χ0) is 7.28. The van der Waals surface area contributed by atoms with E-state index in [0.29, 0.717) is 0 Å². The smallest absolute Gasteiger partial charge is 0.306 e. The predicted octanol–water partition coefficient (Wildman–Crippen LogP) is 0.575. The van der Waals surface area contributed by atoms with Gasteiger partial charge in [0.2, 0.25) is 0 Å². The van der Waals surface area contributed by atoms with E-state index in [-0.39, 0.29) is 6.42 Å². The lowest BCUT2D eigenvalue weighted by Crippen LogP contribution is -2.08. The molecule has 2 N–H and O–H groups in total. The first-order valence-electron chi connectivity index (χ1n) is 2.33. The molecule has 0 amide bonds. The summed E-state index contributed by atoms with van der Waals surface area (Å²) in [5.41, 5.74) is 1.09. The molecule has 1 unspecified atom stereocenters. The first kappa shape index (κ1) is 8.46. The van der Waals surface area contributed by atoms with Crippen molar-refractivity contribution in [3.8, 4) is 0 Å². The quantitative estimate of drug-likeness (QED) is 0.619. The number of aliphatic carboxylic acids is 1. The molecule has 0 fully saturated rings. The molecule has 0 aliphatic heterocycles. The van der Waals surface area contributed by atoms with Crippen molar-refractivity contribution in [3.63, 3.8) is 0 Å². The number of carbonyl (C=O) groups is 1. The number of aliphatic hydroxyl groups excluding tert-OH is 1. The first-order chi connectivity index (χ1) is 4.16. The molecule has 0 saturated heterocycles. The van der Waals surface area contributed by atoms with E-state index < -0.39 is 12.1 Å². The topological polar surface area (TPSA) is 57.5 Å². The van der Waals surface area contributed by atoms with E-state index in [1.807, 2.05) is 0 Å². The van der Waals surface area contributed by atoms with Gasteiger partial charge >= 0.3 is 5.97 Å². The van der Waals surface area contributed by atoms with Crippen molar-refractivity contribution >= 4 is 17.6 Å². The second-order valence-corrected chi connectivity index (χ2v) is 1.74. The standard InChI is InChI=1S/C5H7ClO3/c6-2-1-4(7)3-5(8)9/h1-2,4,7H,3H2,(H,8,9)/b2-1+. The maximum atomic E-state index is 9.85. The van der Waals surface area contributed by atoms with Gasteiger partial charge in [-0.3, -0.25) is 4.79 Å². The number of aliphatic hydroxyl groups is 1. The van der Waals surface area contributed by atoms with Crippen LogP contribution < -0.4 is 0 Å². The maximum Gasteiger partial charge on any atom is 0.306 e. The molecule has 0 spiro atoms. The normalized spacial score (nSPS) is 14.0. The van der Waals surface area contributed by atoms with Crippen molar-refractivity contribution in [2.24, 2.45) is 0 Å². The zero-order valence-corrected chi connectivity index (χ0v) is 5.38. The van der Waals surface area contributed by atoms with Gasteiger partial charge in [0.25, 0.3) is 0 Å². The molecule has 0 aliphatic rings. The van der Waals surface area contributed by atoms with Gasteiger partial charge in [-0.05, 0) is 6.08 Å². The van der Waals surface area contributed by atoms with Crippen LogP contribution in [0.2, 0.25) is 0 Å². The SMILES string of the molecule is O=C(O)CC(O)/C=C/Cl. The summed E-state index contributed by atoms with van der Waals surface area (Å²) < 4.78 is 0. The van der Waals surface area contributed by atoms with E-state index in [4.69, 9.17) is 21.8 Å². The Labute approximate surface area is 57.6 Å². The highest BCUT2D eigenvalue weighted by molar-refractivity contribution is 6.25. The summed E-state index contributed by atoms with van der Waals surface area (Å²) in [6, 6.07) is 0. The summed E-state index contributed by atoms with van der Waals surface area (Å²) in [5.74, 6) is -1.04. The minimum absolute atomic E-state index is 0.302. The van der Waals surface area contributed by atoms with E-state index in [0.717, 1.165) is 5.54 Å². The molecular weight excluding hydrogens is 144 g/mol. The molecule has 4 heteroatoms. The summed E-state index contributed by atoms with van der Waals surface area (Å²) >= 11 is 5.05. The molecular formula is C5H7ClO3. The molecule has 0 aromatic heterocycles. The molecule has 9 heavy (non-hydrogen) atoms. The van der Waals surface area contributed by atoms with Crippen LogP contribution in [0.3, 0.4) is 0 Å². The van der Waals surface area contributed by atoms with Crippen molar-refractivity contribution in [2.45, 2.75) is 12.5 Å². The molecule has 0 rings (SSSR count). The highest BCUT2D eigenvalue weighted by Gasteiger charge is 2.03. The summed E-state index contributed by atoms with van der Waals surface area (Å²) in [6.07, 6.45) is -0.0705. The van der Waals surface area contributed by atoms with Crippen molar-refractivity contribution in [2.75, 3.05) is 0 Å². The van der Waals surface area contributed by atoms with Crippen LogP contribution >= 0.6 is 11.6 Å². The molecule has 0 aliphatic carbocycles. The Balaban J connectivity index is 3.50. The lowest BCUT2D eigenvalue weighted by atomic mass is 10.2. The van der Waals surface area contributed by atoms with Crippen LogP contribution in [0, 0.1) is 0 Å². The third-order valence-corrected chi connectivity index (χ3v) is 0.824. The van der Waals surface area contributed by atoms with Gasteiger partial charge in [0.15, 0.2) is 0 Å². The Kier molecular flexibility index (Phi) is 4.09. The van der Waals surface area contributed by atoms with Crippen LogP contribution in [0.25, 0.3) is 0 Å². The van der Waals surface area contributed by atoms with Gasteiger partial charge in [-0.15, -0.1) is 0 Å². The zero-order valence-electron chi connectivity index (χ0n) is 4.62. The van der Waals surface area contributed by atoms with Gasteiger partial charge in [0.05, 0.1) is 12.5 Å². The highest BCUT2D eigenvalue weighted by Crippen LogP contribution is 1.93. The molecule has 0 aromatic rings. The fourth-order valence-corrected chi connectivity index (χ4v) is 0.499. The molecule has 0 heterocycles. The number of halogens is 1. The fraction of sp³-hybridized carbons (Fsp3) is 0.400. The summed E-state index contributed by atoms with van der Waals surface area (Å²) in [4.78, 5) is 9.85. The molecule has 0 aromatic carbocycles. The first-order valence-corrected chi connectivity index (χ1v) is 2.77. The van der Waals surface area contributed by atoms with Crippen LogP contribution in [-0.2, 0) is 4.79 Å². The number of rotatable bonds is 3. The minimum Gasteiger partial charge on any atom is -0.481 e. The lowest BCUT2D eigenvalue weighted by Gasteiger charge is -1.97. The summed E-state index contributed by atoms with van der Waals surface area (Å²) in [7, 11) is 0. The minimum atomic E-state index is -1.04.